The first kappa shape index (κ1) is 16.2. The average molecular weight is 384 g/mol. The zero-order valence-corrected chi connectivity index (χ0v) is 13.4. The molecule has 2 rings (SSSR count). The molecule has 1 heterocycles. The first-order chi connectivity index (χ1) is 10.6. The van der Waals surface area contributed by atoms with E-state index >= 15 is 0 Å². The van der Waals surface area contributed by atoms with Crippen LogP contribution in [0.3, 0.4) is 0 Å². The number of halogens is 1. The van der Waals surface area contributed by atoms with Crippen molar-refractivity contribution in [2.75, 3.05) is 5.75 Å². The number of aromatic amines is 2. The number of carbonyl (C=O) groups is 1. The number of thioether (sulfide) groups is 1. The maximum Gasteiger partial charge on any atom is 0.342 e. The van der Waals surface area contributed by atoms with E-state index in [2.05, 4.69) is 36.7 Å². The van der Waals surface area contributed by atoms with Crippen LogP contribution in [-0.4, -0.2) is 33.1 Å². The molecule has 0 atom stereocenters. The van der Waals surface area contributed by atoms with Crippen molar-refractivity contribution in [1.82, 2.24) is 20.6 Å². The number of hydrazone groups is 1. The fraction of sp³-hybridized carbons (Fsp3) is 0.0833. The lowest BCUT2D eigenvalue weighted by atomic mass is 10.2. The number of hydrogen-bond acceptors (Lipinski definition) is 6. The van der Waals surface area contributed by atoms with Crippen LogP contribution < -0.4 is 16.7 Å². The first-order valence-electron chi connectivity index (χ1n) is 5.94. The van der Waals surface area contributed by atoms with Gasteiger partial charge in [-0.2, -0.15) is 10.2 Å². The van der Waals surface area contributed by atoms with E-state index in [1.54, 1.807) is 0 Å². The predicted octanol–water partition coefficient (Wildman–Crippen LogP) is 0.463. The van der Waals surface area contributed by atoms with Crippen LogP contribution in [0.15, 0.2) is 48.5 Å². The average Bonchev–Trinajstić information content (AvgIpc) is 2.48. The minimum absolute atomic E-state index is 0.00420. The number of nitrogens with one attached hydrogen (secondary N) is 3. The fourth-order valence-corrected chi connectivity index (χ4v) is 2.37. The molecular formula is C12H10BrN5O3S. The van der Waals surface area contributed by atoms with Crippen LogP contribution in [0, 0.1) is 0 Å². The highest BCUT2D eigenvalue weighted by molar-refractivity contribution is 9.10. The number of H-pyrrole nitrogens is 2. The van der Waals surface area contributed by atoms with Gasteiger partial charge < -0.3 is 0 Å². The Morgan fingerprint density at radius 2 is 2.18 bits per heavy atom. The Hall–Kier alpha value is -2.20. The molecule has 1 amide bonds. The molecule has 2 aromatic rings. The van der Waals surface area contributed by atoms with Gasteiger partial charge in [-0.25, -0.2) is 15.3 Å². The lowest BCUT2D eigenvalue weighted by Crippen LogP contribution is -2.26. The van der Waals surface area contributed by atoms with Crippen molar-refractivity contribution in [2.45, 2.75) is 5.03 Å². The summed E-state index contributed by atoms with van der Waals surface area (Å²) in [6, 6.07) is 7.40. The monoisotopic (exact) mass is 383 g/mol. The van der Waals surface area contributed by atoms with Crippen molar-refractivity contribution in [1.29, 1.82) is 0 Å². The summed E-state index contributed by atoms with van der Waals surface area (Å²) >= 11 is 4.25. The molecule has 0 aliphatic heterocycles. The molecule has 0 aliphatic carbocycles. The van der Waals surface area contributed by atoms with Gasteiger partial charge in [0.25, 0.3) is 5.56 Å². The zero-order valence-electron chi connectivity index (χ0n) is 11.0. The summed E-state index contributed by atoms with van der Waals surface area (Å²) in [6.07, 6.45) is 1.50. The Kier molecular flexibility index (Phi) is 5.67. The van der Waals surface area contributed by atoms with Crippen LogP contribution in [0.25, 0.3) is 0 Å². The molecule has 10 heteroatoms. The second-order valence-corrected chi connectivity index (χ2v) is 5.73. The van der Waals surface area contributed by atoms with E-state index in [9.17, 15) is 14.4 Å². The Bertz CT molecular complexity index is 817. The van der Waals surface area contributed by atoms with E-state index in [-0.39, 0.29) is 10.8 Å². The highest BCUT2D eigenvalue weighted by atomic mass is 79.9. The van der Waals surface area contributed by atoms with E-state index < -0.39 is 17.2 Å². The maximum atomic E-state index is 11.6. The zero-order chi connectivity index (χ0) is 15.9. The third-order valence-electron chi connectivity index (χ3n) is 2.32. The van der Waals surface area contributed by atoms with Crippen molar-refractivity contribution in [3.05, 3.63) is 55.1 Å². The van der Waals surface area contributed by atoms with Gasteiger partial charge in [0.05, 0.1) is 12.0 Å². The highest BCUT2D eigenvalue weighted by Crippen LogP contribution is 2.13. The Morgan fingerprint density at radius 1 is 1.41 bits per heavy atom. The SMILES string of the molecule is O=C(CSc1n[nH]c(=O)[nH]c1=O)N/N=C/c1ccccc1Br. The molecule has 0 aliphatic rings. The smallest absolute Gasteiger partial charge is 0.272 e. The van der Waals surface area contributed by atoms with Crippen molar-refractivity contribution in [2.24, 2.45) is 5.10 Å². The fourth-order valence-electron chi connectivity index (χ4n) is 1.35. The normalized spacial score (nSPS) is 10.8. The van der Waals surface area contributed by atoms with Gasteiger partial charge in [0.1, 0.15) is 0 Å². The molecule has 114 valence electrons. The lowest BCUT2D eigenvalue weighted by molar-refractivity contribution is -0.118. The van der Waals surface area contributed by atoms with Crippen molar-refractivity contribution < 1.29 is 4.79 Å². The summed E-state index contributed by atoms with van der Waals surface area (Å²) < 4.78 is 0.853. The van der Waals surface area contributed by atoms with E-state index in [0.29, 0.717) is 0 Å². The van der Waals surface area contributed by atoms with E-state index in [1.807, 2.05) is 29.2 Å². The molecule has 22 heavy (non-hydrogen) atoms. The van der Waals surface area contributed by atoms with Gasteiger partial charge in [-0.1, -0.05) is 45.9 Å². The molecular weight excluding hydrogens is 374 g/mol. The largest absolute Gasteiger partial charge is 0.342 e. The van der Waals surface area contributed by atoms with Crippen molar-refractivity contribution >= 4 is 39.8 Å². The number of carbonyl (C=O) groups excluding carboxylic acids is 1. The van der Waals surface area contributed by atoms with Crippen LogP contribution in [0.2, 0.25) is 0 Å². The first-order valence-corrected chi connectivity index (χ1v) is 7.72. The van der Waals surface area contributed by atoms with Crippen LogP contribution in [0.1, 0.15) is 5.56 Å². The Morgan fingerprint density at radius 3 is 2.91 bits per heavy atom. The molecule has 0 fully saturated rings. The number of hydrogen-bond donors (Lipinski definition) is 3. The Labute approximate surface area is 136 Å². The summed E-state index contributed by atoms with van der Waals surface area (Å²) in [5, 5.41) is 9.46. The minimum Gasteiger partial charge on any atom is -0.272 e. The van der Waals surface area contributed by atoms with Gasteiger partial charge in [-0.3, -0.25) is 14.6 Å². The van der Waals surface area contributed by atoms with Crippen LogP contribution in [0.4, 0.5) is 0 Å². The number of aromatic nitrogens is 3. The van der Waals surface area contributed by atoms with Gasteiger partial charge >= 0.3 is 5.69 Å². The quantitative estimate of drug-likeness (QED) is 0.393. The van der Waals surface area contributed by atoms with Gasteiger partial charge in [0.2, 0.25) is 5.91 Å². The van der Waals surface area contributed by atoms with Crippen LogP contribution in [-0.2, 0) is 4.79 Å². The second kappa shape index (κ2) is 7.71. The predicted molar refractivity (Wildman–Crippen MR) is 86.1 cm³/mol. The van der Waals surface area contributed by atoms with Gasteiger partial charge in [-0.15, -0.1) is 0 Å². The molecule has 0 saturated carbocycles. The number of amides is 1. The number of benzene rings is 1. The molecule has 0 unspecified atom stereocenters. The third-order valence-corrected chi connectivity index (χ3v) is 4.00. The lowest BCUT2D eigenvalue weighted by Gasteiger charge is -1.99. The summed E-state index contributed by atoms with van der Waals surface area (Å²) in [5.41, 5.74) is 1.81. The van der Waals surface area contributed by atoms with Crippen molar-refractivity contribution in [3.8, 4) is 0 Å². The molecule has 0 radical (unpaired) electrons. The van der Waals surface area contributed by atoms with Gasteiger partial charge in [0.15, 0.2) is 5.03 Å². The topological polar surface area (TPSA) is 120 Å². The molecule has 3 N–H and O–H groups in total. The summed E-state index contributed by atoms with van der Waals surface area (Å²) in [7, 11) is 0. The summed E-state index contributed by atoms with van der Waals surface area (Å²) in [4.78, 5) is 35.8. The van der Waals surface area contributed by atoms with E-state index in [1.165, 1.54) is 6.21 Å². The van der Waals surface area contributed by atoms with Gasteiger partial charge in [0, 0.05) is 10.0 Å². The number of rotatable bonds is 5. The third kappa shape index (κ3) is 4.67. The standard InChI is InChI=1S/C12H10BrN5O3S/c13-8-4-2-1-3-7(8)5-14-16-9(19)6-22-11-10(20)15-12(21)18-17-11/h1-5H,6H2,(H,16,19)(H2,15,18,20,21)/b14-5+. The summed E-state index contributed by atoms with van der Waals surface area (Å²) in [5.74, 6) is -0.462. The molecule has 1 aromatic carbocycles. The Balaban J connectivity index is 1.87. The molecule has 0 spiro atoms. The van der Waals surface area contributed by atoms with Crippen LogP contribution in [0.5, 0.6) is 0 Å². The molecule has 0 bridgehead atoms. The van der Waals surface area contributed by atoms with E-state index in [0.717, 1.165) is 21.8 Å². The van der Waals surface area contributed by atoms with Crippen molar-refractivity contribution in [3.63, 3.8) is 0 Å². The van der Waals surface area contributed by atoms with Gasteiger partial charge in [-0.05, 0) is 6.07 Å². The van der Waals surface area contributed by atoms with Crippen LogP contribution >= 0.6 is 27.7 Å². The molecule has 0 saturated heterocycles. The highest BCUT2D eigenvalue weighted by Gasteiger charge is 2.07. The number of nitrogens with zero attached hydrogens (tertiary/aromatic N) is 2. The summed E-state index contributed by atoms with van der Waals surface area (Å²) in [6.45, 7) is 0. The second-order valence-electron chi connectivity index (χ2n) is 3.92. The maximum absolute atomic E-state index is 11.6. The molecule has 1 aromatic heterocycles. The van der Waals surface area contributed by atoms with E-state index in [4.69, 9.17) is 0 Å². The molecule has 8 nitrogen and oxygen atoms in total. The minimum atomic E-state index is -0.697.